The molecule has 0 unspecified atom stereocenters. The molecule has 4 bridgehead atoms. The number of β-amino-alcohol motifs (C(OH)–C–C–N with tert-alkyl or cyclic N) is 1. The Morgan fingerprint density at radius 2 is 1.41 bits per heavy atom. The first-order valence-corrected chi connectivity index (χ1v) is 22.8. The number of unbranched alkanes of at least 4 members (excludes halogenated alkanes) is 12. The van der Waals surface area contributed by atoms with Crippen LogP contribution in [0.5, 0.6) is 11.5 Å². The number of carboxylic acid groups (broad SMARTS) is 1. The third kappa shape index (κ3) is 14.7. The van der Waals surface area contributed by atoms with Crippen LogP contribution in [0.3, 0.4) is 0 Å². The maximum Gasteiger partial charge on any atom is 0.326 e. The SMILES string of the molecule is CCCCCCCCCCCCCCCC(=O)N1C[C@@H](O)C[C@H]1C(=O)N[C@@H](C)C(=O)NCC(=O)N(C)[C@@H]1C(=O)N[C@@H](C)C(=O)N[C@H](C(=O)O)Cc2ccc(O)c(c2)-c2cc1ccc2O. The molecule has 0 aliphatic carbocycles. The molecule has 64 heavy (non-hydrogen) atoms. The highest BCUT2D eigenvalue weighted by molar-refractivity contribution is 5.96. The summed E-state index contributed by atoms with van der Waals surface area (Å²) in [7, 11) is 1.29. The summed E-state index contributed by atoms with van der Waals surface area (Å²) < 4.78 is 0. The number of hydrogen-bond donors (Lipinski definition) is 8. The molecule has 0 spiro atoms. The van der Waals surface area contributed by atoms with Gasteiger partial charge in [0.25, 0.3) is 0 Å². The Morgan fingerprint density at radius 3 is 2.02 bits per heavy atom. The van der Waals surface area contributed by atoms with E-state index in [2.05, 4.69) is 28.2 Å². The molecule has 2 aliphatic heterocycles. The molecule has 8 N–H and O–H groups in total. The van der Waals surface area contributed by atoms with Crippen LogP contribution in [0.1, 0.15) is 134 Å². The van der Waals surface area contributed by atoms with E-state index in [0.717, 1.165) is 24.2 Å². The highest BCUT2D eigenvalue weighted by Crippen LogP contribution is 2.38. The standard InChI is InChI=1S/C47H68N6O11/c1-5-6-7-8-9-10-11-12-13-14-15-16-17-18-40(57)53-28-33(54)26-37(53)45(61)49-29(2)43(59)48-27-41(58)52(4)42-32-20-22-39(56)35(25-32)34-23-31(19-21-38(34)55)24-36(47(63)64)51-44(60)30(3)50-46(42)62/h19-23,25,29-30,33,36-37,42,54-56H,5-18,24,26-28H2,1-4H3,(H,48,59)(H,49,61)(H,50,62)(H,51,60)(H,63,64)/t29-,30-,33-,36-,37-,42-/m0/s1. The molecule has 0 saturated carbocycles. The molecule has 6 atom stereocenters. The first kappa shape index (κ1) is 50.9. The second-order valence-corrected chi connectivity index (χ2v) is 17.3. The summed E-state index contributed by atoms with van der Waals surface area (Å²) in [5.74, 6) is -5.93. The number of likely N-dealkylation sites (tertiary alicyclic amines) is 1. The minimum absolute atomic E-state index is 0.00784. The van der Waals surface area contributed by atoms with E-state index < -0.39 is 78.4 Å². The highest BCUT2D eigenvalue weighted by Gasteiger charge is 2.39. The van der Waals surface area contributed by atoms with E-state index in [4.69, 9.17) is 0 Å². The van der Waals surface area contributed by atoms with Gasteiger partial charge >= 0.3 is 5.97 Å². The van der Waals surface area contributed by atoms with Crippen molar-refractivity contribution < 1.29 is 54.0 Å². The summed E-state index contributed by atoms with van der Waals surface area (Å²) in [6.45, 7) is 4.35. The number of aromatic hydroxyl groups is 2. The molecule has 2 aliphatic rings. The fraction of sp³-hybridized carbons (Fsp3) is 0.596. The molecule has 2 aromatic carbocycles. The third-order valence-electron chi connectivity index (χ3n) is 12.1. The molecule has 17 nitrogen and oxygen atoms in total. The Balaban J connectivity index is 1.34. The minimum atomic E-state index is -1.46. The number of fused-ring (bicyclic) bond motifs is 5. The Bertz CT molecular complexity index is 1960. The van der Waals surface area contributed by atoms with Gasteiger partial charge in [-0.2, -0.15) is 0 Å². The molecule has 2 heterocycles. The van der Waals surface area contributed by atoms with Gasteiger partial charge in [0.2, 0.25) is 35.4 Å². The zero-order valence-electron chi connectivity index (χ0n) is 37.7. The van der Waals surface area contributed by atoms with Gasteiger partial charge < -0.3 is 51.5 Å². The van der Waals surface area contributed by atoms with Crippen LogP contribution in [0.15, 0.2) is 36.4 Å². The lowest BCUT2D eigenvalue weighted by molar-refractivity contribution is -0.143. The Hall–Kier alpha value is -5.71. The second-order valence-electron chi connectivity index (χ2n) is 17.3. The number of carbonyl (C=O) groups excluding carboxylic acids is 6. The van der Waals surface area contributed by atoms with Crippen molar-refractivity contribution >= 4 is 41.4 Å². The van der Waals surface area contributed by atoms with Gasteiger partial charge in [-0.3, -0.25) is 28.8 Å². The Morgan fingerprint density at radius 1 is 0.828 bits per heavy atom. The van der Waals surface area contributed by atoms with Crippen molar-refractivity contribution in [2.75, 3.05) is 20.1 Å². The van der Waals surface area contributed by atoms with Crippen molar-refractivity contribution in [1.29, 1.82) is 0 Å². The number of benzene rings is 2. The molecule has 0 radical (unpaired) electrons. The van der Waals surface area contributed by atoms with Crippen LogP contribution in [0.4, 0.5) is 0 Å². The van der Waals surface area contributed by atoms with Crippen molar-refractivity contribution in [3.63, 3.8) is 0 Å². The lowest BCUT2D eigenvalue weighted by Gasteiger charge is -2.30. The van der Waals surface area contributed by atoms with Gasteiger partial charge in [-0.15, -0.1) is 0 Å². The highest BCUT2D eigenvalue weighted by atomic mass is 16.4. The number of nitrogens with one attached hydrogen (secondary N) is 4. The molecule has 2 aromatic rings. The first-order chi connectivity index (χ1) is 30.5. The zero-order valence-corrected chi connectivity index (χ0v) is 37.7. The number of rotatable bonds is 21. The molecule has 1 fully saturated rings. The number of phenols is 2. The summed E-state index contributed by atoms with van der Waals surface area (Å²) in [5, 5.41) is 51.9. The van der Waals surface area contributed by atoms with Crippen molar-refractivity contribution in [2.24, 2.45) is 0 Å². The normalized spacial score (nSPS) is 20.3. The number of aliphatic hydroxyl groups excluding tert-OH is 1. The minimum Gasteiger partial charge on any atom is -0.507 e. The van der Waals surface area contributed by atoms with E-state index >= 15 is 0 Å². The van der Waals surface area contributed by atoms with Crippen LogP contribution in [0.25, 0.3) is 11.1 Å². The Labute approximate surface area is 375 Å². The number of hydrogen-bond acceptors (Lipinski definition) is 10. The average molecular weight is 893 g/mol. The zero-order chi connectivity index (χ0) is 46.9. The lowest BCUT2D eigenvalue weighted by atomic mass is 9.94. The summed E-state index contributed by atoms with van der Waals surface area (Å²) in [5.41, 5.74) is 0.751. The number of amides is 6. The van der Waals surface area contributed by atoms with Crippen LogP contribution < -0.4 is 21.3 Å². The number of likely N-dealkylation sites (N-methyl/N-ethyl adjacent to an activating group) is 1. The fourth-order valence-electron chi connectivity index (χ4n) is 8.24. The van der Waals surface area contributed by atoms with Gasteiger partial charge in [-0.05, 0) is 55.7 Å². The van der Waals surface area contributed by atoms with Gasteiger partial charge in [0, 0.05) is 44.0 Å². The quantitative estimate of drug-likeness (QED) is 0.0833. The molecule has 4 rings (SSSR count). The number of carbonyl (C=O) groups is 7. The number of phenolic OH excluding ortho intramolecular Hbond substituents is 2. The fourth-order valence-corrected chi connectivity index (χ4v) is 8.24. The van der Waals surface area contributed by atoms with E-state index in [0.29, 0.717) is 12.0 Å². The molecule has 352 valence electrons. The molecule has 1 saturated heterocycles. The van der Waals surface area contributed by atoms with E-state index in [1.165, 1.54) is 120 Å². The van der Waals surface area contributed by atoms with E-state index in [1.807, 2.05) is 0 Å². The van der Waals surface area contributed by atoms with Crippen LogP contribution in [-0.2, 0) is 40.0 Å². The molecule has 0 aromatic heterocycles. The molecule has 17 heteroatoms. The van der Waals surface area contributed by atoms with E-state index in [-0.39, 0.29) is 59.9 Å². The van der Waals surface area contributed by atoms with Crippen LogP contribution in [0.2, 0.25) is 0 Å². The monoisotopic (exact) mass is 892 g/mol. The van der Waals surface area contributed by atoms with Crippen LogP contribution in [-0.4, -0.2) is 122 Å². The van der Waals surface area contributed by atoms with Crippen molar-refractivity contribution in [2.45, 2.75) is 160 Å². The predicted molar refractivity (Wildman–Crippen MR) is 239 cm³/mol. The third-order valence-corrected chi connectivity index (χ3v) is 12.1. The number of nitrogens with zero attached hydrogens (tertiary/aromatic N) is 2. The van der Waals surface area contributed by atoms with Gasteiger partial charge in [0.05, 0.1) is 12.6 Å². The predicted octanol–water partition coefficient (Wildman–Crippen LogP) is 3.96. The van der Waals surface area contributed by atoms with Gasteiger partial charge in [0.15, 0.2) is 0 Å². The van der Waals surface area contributed by atoms with Crippen molar-refractivity contribution in [1.82, 2.24) is 31.1 Å². The number of aliphatic hydroxyl groups is 1. The second kappa shape index (κ2) is 25.0. The smallest absolute Gasteiger partial charge is 0.326 e. The first-order valence-electron chi connectivity index (χ1n) is 22.8. The summed E-state index contributed by atoms with van der Waals surface area (Å²) >= 11 is 0. The Kier molecular flexibility index (Phi) is 19.9. The summed E-state index contributed by atoms with van der Waals surface area (Å²) in [4.78, 5) is 94.9. The van der Waals surface area contributed by atoms with Gasteiger partial charge in [-0.25, -0.2) is 4.79 Å². The summed E-state index contributed by atoms with van der Waals surface area (Å²) in [6, 6.07) is 2.02. The lowest BCUT2D eigenvalue weighted by Crippen LogP contribution is -2.54. The molecule has 6 amide bonds. The average Bonchev–Trinajstić information content (AvgIpc) is 3.66. The van der Waals surface area contributed by atoms with Crippen LogP contribution >= 0.6 is 0 Å². The van der Waals surface area contributed by atoms with Gasteiger partial charge in [-0.1, -0.05) is 96.1 Å². The van der Waals surface area contributed by atoms with E-state index in [9.17, 15) is 54.0 Å². The van der Waals surface area contributed by atoms with Crippen molar-refractivity contribution in [3.05, 3.63) is 47.5 Å². The number of aliphatic carboxylic acids is 1. The van der Waals surface area contributed by atoms with Gasteiger partial charge in [0.1, 0.15) is 41.7 Å². The number of carboxylic acids is 1. The van der Waals surface area contributed by atoms with E-state index in [1.54, 1.807) is 0 Å². The largest absolute Gasteiger partial charge is 0.507 e. The summed E-state index contributed by atoms with van der Waals surface area (Å²) in [6.07, 6.45) is 14.4. The topological polar surface area (TPSA) is 255 Å². The molecular formula is C47H68N6O11. The van der Waals surface area contributed by atoms with Crippen molar-refractivity contribution in [3.8, 4) is 22.6 Å². The van der Waals surface area contributed by atoms with Crippen LogP contribution in [0, 0.1) is 0 Å². The molecular weight excluding hydrogens is 825 g/mol. The maximum absolute atomic E-state index is 13.9. The maximum atomic E-state index is 13.9.